The van der Waals surface area contributed by atoms with Crippen molar-refractivity contribution in [3.05, 3.63) is 35.7 Å². The quantitative estimate of drug-likeness (QED) is 0.695. The van der Waals surface area contributed by atoms with Crippen LogP contribution in [0, 0.1) is 0 Å². The first-order chi connectivity index (χ1) is 6.27. The Labute approximate surface area is 81.0 Å². The molecule has 0 aliphatic heterocycles. The molecule has 0 fully saturated rings. The average Bonchev–Trinajstić information content (AvgIpc) is 2.49. The predicted octanol–water partition coefficient (Wildman–Crippen LogP) is 2.14. The fourth-order valence-electron chi connectivity index (χ4n) is 1.11. The Morgan fingerprint density at radius 2 is 2.00 bits per heavy atom. The monoisotopic (exact) mass is 193 g/mol. The second-order valence-corrected chi connectivity index (χ2v) is 3.10. The molecule has 0 saturated heterocycles. The van der Waals surface area contributed by atoms with Gasteiger partial charge >= 0.3 is 0 Å². The lowest BCUT2D eigenvalue weighted by Crippen LogP contribution is -1.89. The third-order valence-corrected chi connectivity index (χ3v) is 2.15. The van der Waals surface area contributed by atoms with Crippen molar-refractivity contribution >= 4 is 11.6 Å². The van der Waals surface area contributed by atoms with Gasteiger partial charge in [0.15, 0.2) is 0 Å². The highest BCUT2D eigenvalue weighted by atomic mass is 35.5. The maximum Gasteiger partial charge on any atom is 0.127 e. The van der Waals surface area contributed by atoms with E-state index in [-0.39, 0.29) is 0 Å². The summed E-state index contributed by atoms with van der Waals surface area (Å²) in [7, 11) is 1.81. The zero-order valence-corrected chi connectivity index (χ0v) is 7.86. The molecule has 0 aliphatic carbocycles. The van der Waals surface area contributed by atoms with Crippen LogP contribution in [0.4, 0.5) is 0 Å². The van der Waals surface area contributed by atoms with Gasteiger partial charge in [-0.2, -0.15) is 5.10 Å². The highest BCUT2D eigenvalue weighted by Gasteiger charge is 2.03. The van der Waals surface area contributed by atoms with Gasteiger partial charge in [0, 0.05) is 31.1 Å². The summed E-state index contributed by atoms with van der Waals surface area (Å²) in [5, 5.41) is 4.87. The Hall–Kier alpha value is -1.35. The smallest absolute Gasteiger partial charge is 0.127 e. The van der Waals surface area contributed by atoms with Crippen LogP contribution in [-0.2, 0) is 7.05 Å². The molecular weight excluding hydrogens is 186 g/mol. The van der Waals surface area contributed by atoms with E-state index in [2.05, 4.69) is 10.1 Å². The molecule has 0 bridgehead atoms. The van der Waals surface area contributed by atoms with Crippen LogP contribution in [0.15, 0.2) is 30.6 Å². The zero-order valence-electron chi connectivity index (χ0n) is 7.11. The van der Waals surface area contributed by atoms with Crippen molar-refractivity contribution < 1.29 is 0 Å². The molecule has 0 saturated carbocycles. The van der Waals surface area contributed by atoms with E-state index < -0.39 is 0 Å². The lowest BCUT2D eigenvalue weighted by atomic mass is 10.2. The second-order valence-electron chi connectivity index (χ2n) is 2.71. The number of hydrogen-bond acceptors (Lipinski definition) is 2. The van der Waals surface area contributed by atoms with Crippen LogP contribution in [-0.4, -0.2) is 14.8 Å². The predicted molar refractivity (Wildman–Crippen MR) is 51.4 cm³/mol. The molecule has 13 heavy (non-hydrogen) atoms. The molecule has 0 amide bonds. The third-order valence-electron chi connectivity index (χ3n) is 1.80. The van der Waals surface area contributed by atoms with E-state index in [0.717, 1.165) is 11.3 Å². The van der Waals surface area contributed by atoms with Gasteiger partial charge in [-0.1, -0.05) is 11.6 Å². The number of rotatable bonds is 1. The third kappa shape index (κ3) is 1.55. The van der Waals surface area contributed by atoms with Crippen molar-refractivity contribution in [3.63, 3.8) is 0 Å². The molecule has 2 aromatic heterocycles. The van der Waals surface area contributed by atoms with E-state index >= 15 is 0 Å². The van der Waals surface area contributed by atoms with Crippen LogP contribution in [0.25, 0.3) is 11.3 Å². The fraction of sp³-hybridized carbons (Fsp3) is 0.111. The van der Waals surface area contributed by atoms with E-state index in [1.165, 1.54) is 0 Å². The summed E-state index contributed by atoms with van der Waals surface area (Å²) < 4.78 is 1.64. The lowest BCUT2D eigenvalue weighted by molar-refractivity contribution is 0.772. The molecule has 4 heteroatoms. The van der Waals surface area contributed by atoms with E-state index in [0.29, 0.717) is 5.15 Å². The van der Waals surface area contributed by atoms with Gasteiger partial charge in [0.2, 0.25) is 0 Å². The Morgan fingerprint density at radius 3 is 2.54 bits per heavy atom. The van der Waals surface area contributed by atoms with E-state index in [1.807, 2.05) is 25.2 Å². The summed E-state index contributed by atoms with van der Waals surface area (Å²) >= 11 is 5.86. The summed E-state index contributed by atoms with van der Waals surface area (Å²) in [6.07, 6.45) is 3.47. The van der Waals surface area contributed by atoms with E-state index in [4.69, 9.17) is 11.6 Å². The first kappa shape index (κ1) is 8.26. The average molecular weight is 194 g/mol. The van der Waals surface area contributed by atoms with E-state index in [9.17, 15) is 0 Å². The first-order valence-electron chi connectivity index (χ1n) is 3.87. The van der Waals surface area contributed by atoms with Gasteiger partial charge in [0.1, 0.15) is 5.15 Å². The van der Waals surface area contributed by atoms with Gasteiger partial charge in [-0.3, -0.25) is 9.67 Å². The summed E-state index contributed by atoms with van der Waals surface area (Å²) in [5.74, 6) is 0. The minimum absolute atomic E-state index is 0.631. The van der Waals surface area contributed by atoms with Crippen LogP contribution in [0.3, 0.4) is 0 Å². The zero-order chi connectivity index (χ0) is 9.26. The molecule has 0 atom stereocenters. The van der Waals surface area contributed by atoms with Crippen molar-refractivity contribution in [3.8, 4) is 11.3 Å². The van der Waals surface area contributed by atoms with Gasteiger partial charge in [0.25, 0.3) is 0 Å². The number of aromatic nitrogens is 3. The number of halogens is 1. The number of hydrogen-bond donors (Lipinski definition) is 0. The highest BCUT2D eigenvalue weighted by molar-refractivity contribution is 6.29. The standard InChI is InChI=1S/C9H8ClN3/c1-13-9(10)6-8(12-13)7-2-4-11-5-3-7/h2-6H,1H3. The lowest BCUT2D eigenvalue weighted by Gasteiger charge is -1.92. The fourth-order valence-corrected chi connectivity index (χ4v) is 1.25. The number of pyridine rings is 1. The molecule has 0 aromatic carbocycles. The molecule has 0 radical (unpaired) electrons. The van der Waals surface area contributed by atoms with Gasteiger partial charge in [0.05, 0.1) is 5.69 Å². The van der Waals surface area contributed by atoms with Crippen molar-refractivity contribution in [1.82, 2.24) is 14.8 Å². The molecule has 2 aromatic rings. The summed E-state index contributed by atoms with van der Waals surface area (Å²) in [5.41, 5.74) is 1.90. The Morgan fingerprint density at radius 1 is 1.31 bits per heavy atom. The van der Waals surface area contributed by atoms with Crippen LogP contribution in [0.5, 0.6) is 0 Å². The summed E-state index contributed by atoms with van der Waals surface area (Å²) in [6.45, 7) is 0. The Bertz CT molecular complexity index is 389. The van der Waals surface area contributed by atoms with Gasteiger partial charge in [-0.05, 0) is 12.1 Å². The molecule has 2 heterocycles. The summed E-state index contributed by atoms with van der Waals surface area (Å²) in [6, 6.07) is 5.63. The second kappa shape index (κ2) is 3.18. The molecule has 0 N–H and O–H groups in total. The van der Waals surface area contributed by atoms with Crippen LogP contribution in [0.2, 0.25) is 5.15 Å². The number of aryl methyl sites for hydroxylation is 1. The molecule has 2 rings (SSSR count). The molecule has 0 aliphatic rings. The Kier molecular flexibility index (Phi) is 2.02. The molecule has 0 unspecified atom stereocenters. The Balaban J connectivity index is 2.48. The van der Waals surface area contributed by atoms with Crippen LogP contribution in [0.1, 0.15) is 0 Å². The van der Waals surface area contributed by atoms with Gasteiger partial charge in [-0.15, -0.1) is 0 Å². The van der Waals surface area contributed by atoms with Crippen molar-refractivity contribution in [2.24, 2.45) is 7.05 Å². The number of nitrogens with zero attached hydrogens (tertiary/aromatic N) is 3. The molecule has 0 spiro atoms. The maximum atomic E-state index is 5.86. The summed E-state index contributed by atoms with van der Waals surface area (Å²) in [4.78, 5) is 3.93. The minimum Gasteiger partial charge on any atom is -0.265 e. The minimum atomic E-state index is 0.631. The van der Waals surface area contributed by atoms with Gasteiger partial charge < -0.3 is 0 Å². The van der Waals surface area contributed by atoms with Gasteiger partial charge in [-0.25, -0.2) is 0 Å². The highest BCUT2D eigenvalue weighted by Crippen LogP contribution is 2.19. The SMILES string of the molecule is Cn1nc(-c2ccncc2)cc1Cl. The van der Waals surface area contributed by atoms with Crippen LogP contribution < -0.4 is 0 Å². The molecular formula is C9H8ClN3. The molecule has 3 nitrogen and oxygen atoms in total. The van der Waals surface area contributed by atoms with Crippen LogP contribution >= 0.6 is 11.6 Å². The largest absolute Gasteiger partial charge is 0.265 e. The van der Waals surface area contributed by atoms with E-state index in [1.54, 1.807) is 17.1 Å². The topological polar surface area (TPSA) is 30.7 Å². The molecule has 66 valence electrons. The van der Waals surface area contributed by atoms with Crippen molar-refractivity contribution in [2.45, 2.75) is 0 Å². The van der Waals surface area contributed by atoms with Crippen molar-refractivity contribution in [1.29, 1.82) is 0 Å². The first-order valence-corrected chi connectivity index (χ1v) is 4.25. The van der Waals surface area contributed by atoms with Crippen molar-refractivity contribution in [2.75, 3.05) is 0 Å². The normalized spacial score (nSPS) is 10.3. The maximum absolute atomic E-state index is 5.86.